The number of aliphatic imine (C=N–C) groups is 1. The van der Waals surface area contributed by atoms with Gasteiger partial charge in [-0.2, -0.15) is 8.42 Å². The van der Waals surface area contributed by atoms with Crippen LogP contribution in [0.5, 0.6) is 5.75 Å². The number of benzene rings is 2. The van der Waals surface area contributed by atoms with Gasteiger partial charge in [-0.1, -0.05) is 41.4 Å². The van der Waals surface area contributed by atoms with Crippen LogP contribution >= 0.6 is 23.2 Å². The molecule has 7 nitrogen and oxygen atoms in total. The first-order chi connectivity index (χ1) is 15.8. The Morgan fingerprint density at radius 1 is 1.06 bits per heavy atom. The Bertz CT molecular complexity index is 1140. The highest BCUT2D eigenvalue weighted by Gasteiger charge is 2.24. The molecule has 0 bridgehead atoms. The highest BCUT2D eigenvalue weighted by molar-refractivity contribution is 7.88. The molecule has 2 aliphatic rings. The molecule has 2 aliphatic heterocycles. The van der Waals surface area contributed by atoms with Gasteiger partial charge in [-0.05, 0) is 48.2 Å². The van der Waals surface area contributed by atoms with Crippen LogP contribution in [-0.4, -0.2) is 45.4 Å². The van der Waals surface area contributed by atoms with Gasteiger partial charge in [0.15, 0.2) is 0 Å². The van der Waals surface area contributed by atoms with Crippen LogP contribution in [0.15, 0.2) is 59.2 Å². The number of nitrogens with one attached hydrogen (secondary N) is 2. The summed E-state index contributed by atoms with van der Waals surface area (Å²) in [5.74, 6) is 1.18. The summed E-state index contributed by atoms with van der Waals surface area (Å²) < 4.78 is 34.9. The number of methoxy groups -OCH3 is 1. The fourth-order valence-corrected chi connectivity index (χ4v) is 5.44. The summed E-state index contributed by atoms with van der Waals surface area (Å²) in [4.78, 5) is 7.07. The van der Waals surface area contributed by atoms with E-state index in [-0.39, 0.29) is 12.5 Å². The summed E-state index contributed by atoms with van der Waals surface area (Å²) in [6, 6.07) is 13.4. The summed E-state index contributed by atoms with van der Waals surface area (Å²) in [5, 5.41) is 0.979. The zero-order valence-electron chi connectivity index (χ0n) is 18.2. The molecule has 2 heterocycles. The topological polar surface area (TPSA) is 83.0 Å². The van der Waals surface area contributed by atoms with E-state index in [9.17, 15) is 8.42 Å². The summed E-state index contributed by atoms with van der Waals surface area (Å²) in [6.07, 6.45) is 3.69. The molecule has 10 heteroatoms. The van der Waals surface area contributed by atoms with E-state index in [2.05, 4.69) is 26.5 Å². The third-order valence-corrected chi connectivity index (χ3v) is 7.41. The molecule has 0 spiro atoms. The van der Waals surface area contributed by atoms with Crippen molar-refractivity contribution in [2.75, 3.05) is 20.2 Å². The Kier molecular flexibility index (Phi) is 7.48. The van der Waals surface area contributed by atoms with E-state index in [0.717, 1.165) is 38.2 Å². The van der Waals surface area contributed by atoms with Crippen LogP contribution in [0.4, 0.5) is 0 Å². The van der Waals surface area contributed by atoms with E-state index < -0.39 is 10.2 Å². The second-order valence-corrected chi connectivity index (χ2v) is 10.4. The number of amidine groups is 1. The van der Waals surface area contributed by atoms with E-state index in [1.54, 1.807) is 31.4 Å². The SMILES string of the molecule is COc1ccc(CN2CCC(N=C3C=C(Cc4c(Cl)cccc4Cl)NS(=O)(=O)N3)CC2)cc1. The maximum absolute atomic E-state index is 12.3. The van der Waals surface area contributed by atoms with E-state index >= 15 is 0 Å². The lowest BCUT2D eigenvalue weighted by molar-refractivity contribution is 0.206. The maximum atomic E-state index is 12.3. The number of nitrogens with zero attached hydrogens (tertiary/aromatic N) is 2. The van der Waals surface area contributed by atoms with Crippen LogP contribution in [0.25, 0.3) is 0 Å². The van der Waals surface area contributed by atoms with E-state index in [4.69, 9.17) is 32.9 Å². The van der Waals surface area contributed by atoms with Gasteiger partial charge in [0.2, 0.25) is 0 Å². The van der Waals surface area contributed by atoms with Crippen molar-refractivity contribution in [2.45, 2.75) is 31.8 Å². The minimum absolute atomic E-state index is 0.0503. The Hall–Kier alpha value is -2.26. The molecule has 0 amide bonds. The zero-order valence-corrected chi connectivity index (χ0v) is 20.6. The predicted molar refractivity (Wildman–Crippen MR) is 132 cm³/mol. The van der Waals surface area contributed by atoms with Crippen LogP contribution in [0.2, 0.25) is 10.0 Å². The van der Waals surface area contributed by atoms with Crippen LogP contribution in [-0.2, 0) is 23.2 Å². The van der Waals surface area contributed by atoms with Crippen LogP contribution < -0.4 is 14.2 Å². The number of allylic oxidation sites excluding steroid dienone is 1. The average Bonchev–Trinajstić information content (AvgIpc) is 2.77. The second kappa shape index (κ2) is 10.3. The third kappa shape index (κ3) is 6.41. The molecule has 176 valence electrons. The molecule has 0 unspecified atom stereocenters. The van der Waals surface area contributed by atoms with Crippen LogP contribution in [0, 0.1) is 0 Å². The monoisotopic (exact) mass is 508 g/mol. The normalized spacial score (nSPS) is 20.1. The summed E-state index contributed by atoms with van der Waals surface area (Å²) in [7, 11) is -2.08. The van der Waals surface area contributed by atoms with Crippen molar-refractivity contribution in [1.29, 1.82) is 0 Å². The first kappa shape index (κ1) is 23.9. The van der Waals surface area contributed by atoms with Gasteiger partial charge in [-0.25, -0.2) is 0 Å². The lowest BCUT2D eigenvalue weighted by Gasteiger charge is -2.31. The fourth-order valence-electron chi connectivity index (χ4n) is 3.99. The lowest BCUT2D eigenvalue weighted by Crippen LogP contribution is -2.45. The molecule has 33 heavy (non-hydrogen) atoms. The second-order valence-electron chi connectivity index (χ2n) is 8.12. The largest absolute Gasteiger partial charge is 0.497 e. The Balaban J connectivity index is 1.40. The van der Waals surface area contributed by atoms with Crippen LogP contribution in [0.3, 0.4) is 0 Å². The van der Waals surface area contributed by atoms with E-state index in [1.807, 2.05) is 12.1 Å². The molecular weight excluding hydrogens is 483 g/mol. The number of hydrogen-bond donors (Lipinski definition) is 2. The fraction of sp³-hybridized carbons (Fsp3) is 0.348. The third-order valence-electron chi connectivity index (χ3n) is 5.69. The molecule has 0 radical (unpaired) electrons. The van der Waals surface area contributed by atoms with Gasteiger partial charge < -0.3 is 4.74 Å². The summed E-state index contributed by atoms with van der Waals surface area (Å²) in [6.45, 7) is 2.65. The van der Waals surface area contributed by atoms with Crippen LogP contribution in [0.1, 0.15) is 24.0 Å². The number of halogens is 2. The summed E-state index contributed by atoms with van der Waals surface area (Å²) >= 11 is 12.5. The molecule has 2 aromatic carbocycles. The molecule has 0 aliphatic carbocycles. The zero-order chi connectivity index (χ0) is 23.4. The lowest BCUT2D eigenvalue weighted by atomic mass is 10.0. The average molecular weight is 509 g/mol. The number of rotatable bonds is 6. The molecule has 0 atom stereocenters. The first-order valence-corrected chi connectivity index (χ1v) is 12.9. The Morgan fingerprint density at radius 3 is 2.36 bits per heavy atom. The van der Waals surface area contributed by atoms with Crippen molar-refractivity contribution in [3.63, 3.8) is 0 Å². The molecular formula is C23H26Cl2N4O3S. The Labute approximate surface area is 204 Å². The minimum atomic E-state index is -3.74. The Morgan fingerprint density at radius 2 is 1.73 bits per heavy atom. The molecule has 0 aromatic heterocycles. The van der Waals surface area contributed by atoms with E-state index in [1.165, 1.54) is 5.56 Å². The van der Waals surface area contributed by atoms with Crippen molar-refractivity contribution in [3.8, 4) is 5.75 Å². The van der Waals surface area contributed by atoms with Crippen molar-refractivity contribution >= 4 is 39.2 Å². The first-order valence-electron chi connectivity index (χ1n) is 10.7. The molecule has 1 saturated heterocycles. The number of hydrogen-bond acceptors (Lipinski definition) is 5. The van der Waals surface area contributed by atoms with Gasteiger partial charge in [0.1, 0.15) is 11.6 Å². The standard InChI is InChI=1S/C23H26Cl2N4O3S/c1-32-19-7-5-16(6-8-19)15-29-11-9-17(10-12-29)26-23-14-18(27-33(30,31)28-23)13-20-21(24)3-2-4-22(20)25/h2-8,14,17,27H,9-13,15H2,1H3,(H,26,28). The van der Waals surface area contributed by atoms with E-state index in [0.29, 0.717) is 27.1 Å². The van der Waals surface area contributed by atoms with Gasteiger partial charge in [0.05, 0.1) is 13.2 Å². The number of piperidine rings is 1. The number of likely N-dealkylation sites (tertiary alicyclic amines) is 1. The molecule has 2 aromatic rings. The van der Waals surface area contributed by atoms with Gasteiger partial charge >= 0.3 is 10.2 Å². The van der Waals surface area contributed by atoms with Gasteiger partial charge in [-0.3, -0.25) is 19.3 Å². The molecule has 0 saturated carbocycles. The summed E-state index contributed by atoms with van der Waals surface area (Å²) in [5.41, 5.74) is 2.37. The highest BCUT2D eigenvalue weighted by atomic mass is 35.5. The highest BCUT2D eigenvalue weighted by Crippen LogP contribution is 2.27. The molecule has 4 rings (SSSR count). The number of ether oxygens (including phenoxy) is 1. The van der Waals surface area contributed by atoms with Crippen molar-refractivity contribution in [3.05, 3.63) is 75.4 Å². The van der Waals surface area contributed by atoms with Gasteiger partial charge in [-0.15, -0.1) is 0 Å². The van der Waals surface area contributed by atoms with Crippen molar-refractivity contribution in [2.24, 2.45) is 4.99 Å². The molecule has 2 N–H and O–H groups in total. The van der Waals surface area contributed by atoms with Crippen molar-refractivity contribution in [1.82, 2.24) is 14.3 Å². The van der Waals surface area contributed by atoms with Gasteiger partial charge in [0, 0.05) is 47.9 Å². The van der Waals surface area contributed by atoms with Gasteiger partial charge in [0.25, 0.3) is 0 Å². The smallest absolute Gasteiger partial charge is 0.322 e. The van der Waals surface area contributed by atoms with Crippen molar-refractivity contribution < 1.29 is 13.2 Å². The quantitative estimate of drug-likeness (QED) is 0.619. The maximum Gasteiger partial charge on any atom is 0.322 e. The predicted octanol–water partition coefficient (Wildman–Crippen LogP) is 3.93. The minimum Gasteiger partial charge on any atom is -0.497 e. The molecule has 1 fully saturated rings.